The summed E-state index contributed by atoms with van der Waals surface area (Å²) in [6.45, 7) is 8.84. The van der Waals surface area contributed by atoms with Crippen LogP contribution in [0.15, 0.2) is 12.4 Å². The normalized spacial score (nSPS) is 23.0. The minimum atomic E-state index is -0.396. The molecule has 0 aromatic carbocycles. The maximum Gasteiger partial charge on any atom is 0.225 e. The van der Waals surface area contributed by atoms with Crippen molar-refractivity contribution < 1.29 is 9.13 Å². The zero-order valence-electron chi connectivity index (χ0n) is 12.8. The van der Waals surface area contributed by atoms with E-state index in [0.717, 1.165) is 39.0 Å². The van der Waals surface area contributed by atoms with Crippen molar-refractivity contribution in [1.29, 1.82) is 0 Å². The molecule has 116 valence electrons. The van der Waals surface area contributed by atoms with Crippen LogP contribution < -0.4 is 4.90 Å². The molecule has 3 heterocycles. The van der Waals surface area contributed by atoms with Crippen molar-refractivity contribution in [2.45, 2.75) is 38.3 Å². The van der Waals surface area contributed by atoms with Gasteiger partial charge in [-0.3, -0.25) is 0 Å². The van der Waals surface area contributed by atoms with E-state index in [1.165, 1.54) is 12.4 Å². The highest BCUT2D eigenvalue weighted by molar-refractivity contribution is 5.30. The van der Waals surface area contributed by atoms with Crippen molar-refractivity contribution in [3.8, 4) is 0 Å². The van der Waals surface area contributed by atoms with E-state index in [0.29, 0.717) is 18.6 Å². The summed E-state index contributed by atoms with van der Waals surface area (Å²) < 4.78 is 19.1. The number of piperidine rings is 1. The number of halogens is 1. The average molecular weight is 294 g/mol. The molecule has 0 saturated carbocycles. The molecular formula is C15H23FN4O. The molecule has 1 aromatic rings. The van der Waals surface area contributed by atoms with Crippen molar-refractivity contribution in [2.24, 2.45) is 0 Å². The van der Waals surface area contributed by atoms with Gasteiger partial charge in [0.05, 0.1) is 31.1 Å². The van der Waals surface area contributed by atoms with E-state index in [4.69, 9.17) is 4.74 Å². The predicted molar refractivity (Wildman–Crippen MR) is 78.8 cm³/mol. The maximum atomic E-state index is 12.9. The number of likely N-dealkylation sites (tertiary alicyclic amines) is 1. The standard InChI is InChI=1S/C15H23FN4O/c1-12(2)19-5-3-15(4-6-19)11-20(7-8-21-15)14-17-9-13(16)10-18-14/h9-10,12H,3-8,11H2,1-2H3. The summed E-state index contributed by atoms with van der Waals surface area (Å²) >= 11 is 0. The van der Waals surface area contributed by atoms with Crippen LogP contribution in [-0.4, -0.2) is 59.3 Å². The lowest BCUT2D eigenvalue weighted by atomic mass is 9.89. The van der Waals surface area contributed by atoms with E-state index in [2.05, 4.69) is 33.6 Å². The molecule has 2 aliphatic rings. The summed E-state index contributed by atoms with van der Waals surface area (Å²) in [5.41, 5.74) is -0.0958. The first kappa shape index (κ1) is 14.7. The molecule has 6 heteroatoms. The van der Waals surface area contributed by atoms with Crippen molar-refractivity contribution >= 4 is 5.95 Å². The number of hydrogen-bond donors (Lipinski definition) is 0. The summed E-state index contributed by atoms with van der Waals surface area (Å²) in [5, 5.41) is 0. The first-order valence-corrected chi connectivity index (χ1v) is 7.68. The van der Waals surface area contributed by atoms with Crippen molar-refractivity contribution in [2.75, 3.05) is 37.7 Å². The Morgan fingerprint density at radius 1 is 1.19 bits per heavy atom. The third-order valence-electron chi connectivity index (χ3n) is 4.58. The molecule has 0 amide bonds. The molecule has 0 N–H and O–H groups in total. The molecule has 0 aliphatic carbocycles. The molecule has 2 saturated heterocycles. The van der Waals surface area contributed by atoms with E-state index < -0.39 is 5.82 Å². The second-order valence-electron chi connectivity index (χ2n) is 6.28. The second-order valence-corrected chi connectivity index (χ2v) is 6.28. The molecule has 0 atom stereocenters. The maximum absolute atomic E-state index is 12.9. The van der Waals surface area contributed by atoms with Crippen LogP contribution in [0, 0.1) is 5.82 Å². The first-order chi connectivity index (χ1) is 10.1. The average Bonchev–Trinajstić information content (AvgIpc) is 2.48. The Kier molecular flexibility index (Phi) is 4.08. The van der Waals surface area contributed by atoms with Crippen LogP contribution in [0.3, 0.4) is 0 Å². The van der Waals surface area contributed by atoms with E-state index in [1.807, 2.05) is 0 Å². The number of nitrogens with zero attached hydrogens (tertiary/aromatic N) is 4. The van der Waals surface area contributed by atoms with Gasteiger partial charge in [0.25, 0.3) is 0 Å². The minimum Gasteiger partial charge on any atom is -0.371 e. The molecule has 0 bridgehead atoms. The molecule has 5 nitrogen and oxygen atoms in total. The smallest absolute Gasteiger partial charge is 0.225 e. The fourth-order valence-corrected chi connectivity index (χ4v) is 3.23. The van der Waals surface area contributed by atoms with E-state index in [-0.39, 0.29) is 5.60 Å². The highest BCUT2D eigenvalue weighted by atomic mass is 19.1. The predicted octanol–water partition coefficient (Wildman–Crippen LogP) is 1.70. The number of aromatic nitrogens is 2. The number of hydrogen-bond acceptors (Lipinski definition) is 5. The molecule has 2 fully saturated rings. The lowest BCUT2D eigenvalue weighted by molar-refractivity contribution is -0.0946. The Morgan fingerprint density at radius 3 is 2.48 bits per heavy atom. The molecule has 2 aliphatic heterocycles. The third-order valence-corrected chi connectivity index (χ3v) is 4.58. The van der Waals surface area contributed by atoms with Crippen LogP contribution >= 0.6 is 0 Å². The van der Waals surface area contributed by atoms with Crippen molar-refractivity contribution in [3.05, 3.63) is 18.2 Å². The van der Waals surface area contributed by atoms with Gasteiger partial charge in [-0.05, 0) is 26.7 Å². The van der Waals surface area contributed by atoms with Crippen LogP contribution in [0.25, 0.3) is 0 Å². The molecule has 1 spiro atoms. The van der Waals surface area contributed by atoms with Gasteiger partial charge in [0, 0.05) is 25.7 Å². The van der Waals surface area contributed by atoms with Crippen LogP contribution in [-0.2, 0) is 4.74 Å². The van der Waals surface area contributed by atoms with Crippen molar-refractivity contribution in [3.63, 3.8) is 0 Å². The molecule has 1 aromatic heterocycles. The fraction of sp³-hybridized carbons (Fsp3) is 0.733. The highest BCUT2D eigenvalue weighted by Gasteiger charge is 2.40. The fourth-order valence-electron chi connectivity index (χ4n) is 3.23. The van der Waals surface area contributed by atoms with Gasteiger partial charge in [-0.15, -0.1) is 0 Å². The van der Waals surface area contributed by atoms with Gasteiger partial charge in [0.1, 0.15) is 0 Å². The Morgan fingerprint density at radius 2 is 1.86 bits per heavy atom. The number of anilines is 1. The summed E-state index contributed by atoms with van der Waals surface area (Å²) in [4.78, 5) is 12.8. The molecule has 0 radical (unpaired) electrons. The summed E-state index contributed by atoms with van der Waals surface area (Å²) in [5.74, 6) is 0.206. The van der Waals surface area contributed by atoms with Gasteiger partial charge >= 0.3 is 0 Å². The van der Waals surface area contributed by atoms with Crippen LogP contribution in [0.5, 0.6) is 0 Å². The van der Waals surface area contributed by atoms with Crippen LogP contribution in [0.1, 0.15) is 26.7 Å². The number of morpholine rings is 1. The third kappa shape index (κ3) is 3.16. The number of ether oxygens (including phenoxy) is 1. The quantitative estimate of drug-likeness (QED) is 0.830. The van der Waals surface area contributed by atoms with Gasteiger partial charge in [0.2, 0.25) is 5.95 Å². The Bertz CT molecular complexity index is 471. The largest absolute Gasteiger partial charge is 0.371 e. The zero-order valence-corrected chi connectivity index (χ0v) is 12.8. The Balaban J connectivity index is 1.67. The van der Waals surface area contributed by atoms with Gasteiger partial charge in [-0.2, -0.15) is 0 Å². The van der Waals surface area contributed by atoms with Gasteiger partial charge in [-0.1, -0.05) is 0 Å². The SMILES string of the molecule is CC(C)N1CCC2(CC1)CN(c1ncc(F)cn1)CCO2. The van der Waals surface area contributed by atoms with E-state index in [1.54, 1.807) is 0 Å². The van der Waals surface area contributed by atoms with Gasteiger partial charge in [0.15, 0.2) is 5.82 Å². The Labute approximate surface area is 125 Å². The number of rotatable bonds is 2. The molecular weight excluding hydrogens is 271 g/mol. The van der Waals surface area contributed by atoms with Crippen molar-refractivity contribution in [1.82, 2.24) is 14.9 Å². The first-order valence-electron chi connectivity index (χ1n) is 7.68. The minimum absolute atomic E-state index is 0.0958. The summed E-state index contributed by atoms with van der Waals surface area (Å²) in [6.07, 6.45) is 4.52. The topological polar surface area (TPSA) is 41.5 Å². The molecule has 3 rings (SSSR count). The molecule has 21 heavy (non-hydrogen) atoms. The van der Waals surface area contributed by atoms with E-state index >= 15 is 0 Å². The molecule has 0 unspecified atom stereocenters. The summed E-state index contributed by atoms with van der Waals surface area (Å²) in [7, 11) is 0. The van der Waals surface area contributed by atoms with Crippen LogP contribution in [0.2, 0.25) is 0 Å². The zero-order chi connectivity index (χ0) is 14.9. The lowest BCUT2D eigenvalue weighted by Crippen LogP contribution is -2.58. The highest BCUT2D eigenvalue weighted by Crippen LogP contribution is 2.31. The van der Waals surface area contributed by atoms with Crippen LogP contribution in [0.4, 0.5) is 10.3 Å². The monoisotopic (exact) mass is 294 g/mol. The van der Waals surface area contributed by atoms with Gasteiger partial charge in [-0.25, -0.2) is 14.4 Å². The lowest BCUT2D eigenvalue weighted by Gasteiger charge is -2.48. The van der Waals surface area contributed by atoms with E-state index in [9.17, 15) is 4.39 Å². The van der Waals surface area contributed by atoms with Gasteiger partial charge < -0.3 is 14.5 Å². The second kappa shape index (κ2) is 5.85. The summed E-state index contributed by atoms with van der Waals surface area (Å²) in [6, 6.07) is 0.586. The Hall–Kier alpha value is -1.27.